The van der Waals surface area contributed by atoms with Crippen molar-refractivity contribution in [2.24, 2.45) is 10.9 Å². The van der Waals surface area contributed by atoms with E-state index in [4.69, 9.17) is 22.5 Å². The molecule has 21 heavy (non-hydrogen) atoms. The smallest absolute Gasteiger partial charge is 0.269 e. The van der Waals surface area contributed by atoms with E-state index in [9.17, 15) is 4.79 Å². The van der Waals surface area contributed by atoms with Crippen LogP contribution in [0.1, 0.15) is 20.9 Å². The molecule has 110 valence electrons. The van der Waals surface area contributed by atoms with Gasteiger partial charge in [0.05, 0.1) is 4.34 Å². The number of nitrogens with zero attached hydrogens (tertiary/aromatic N) is 2. The van der Waals surface area contributed by atoms with Crippen LogP contribution in [-0.2, 0) is 6.42 Å². The Hall–Kier alpha value is -2.12. The van der Waals surface area contributed by atoms with E-state index in [0.717, 1.165) is 9.21 Å². The van der Waals surface area contributed by atoms with Crippen LogP contribution in [-0.4, -0.2) is 28.5 Å². The molecule has 2 aromatic rings. The second kappa shape index (κ2) is 7.05. The van der Waals surface area contributed by atoms with Gasteiger partial charge < -0.3 is 16.3 Å². The van der Waals surface area contributed by atoms with E-state index in [-0.39, 0.29) is 17.4 Å². The monoisotopic (exact) mass is 324 g/mol. The molecule has 0 aliphatic rings. The predicted octanol–water partition coefficient (Wildman–Crippen LogP) is 1.86. The topological polar surface area (TPSA) is 101 Å². The maximum atomic E-state index is 11.9. The number of carbonyl (C=O) groups excluding carboxylic acids is 1. The molecule has 0 atom stereocenters. The minimum atomic E-state index is -0.274. The van der Waals surface area contributed by atoms with Crippen molar-refractivity contribution >= 4 is 34.7 Å². The minimum Gasteiger partial charge on any atom is -0.409 e. The van der Waals surface area contributed by atoms with E-state index >= 15 is 0 Å². The summed E-state index contributed by atoms with van der Waals surface area (Å²) in [4.78, 5) is 17.0. The lowest BCUT2D eigenvalue weighted by atomic mass is 10.2. The summed E-state index contributed by atoms with van der Waals surface area (Å²) in [7, 11) is 0. The first-order chi connectivity index (χ1) is 10.1. The van der Waals surface area contributed by atoms with Crippen LogP contribution in [0.3, 0.4) is 0 Å². The van der Waals surface area contributed by atoms with Crippen LogP contribution in [0.2, 0.25) is 4.34 Å². The molecule has 0 unspecified atom stereocenters. The lowest BCUT2D eigenvalue weighted by Crippen LogP contribution is -2.26. The Balaban J connectivity index is 1.88. The fourth-order valence-electron chi connectivity index (χ4n) is 1.61. The third-order valence-electron chi connectivity index (χ3n) is 2.69. The summed E-state index contributed by atoms with van der Waals surface area (Å²) in [5.74, 6) is -0.326. The fourth-order valence-corrected chi connectivity index (χ4v) is 2.70. The number of rotatable bonds is 5. The van der Waals surface area contributed by atoms with Gasteiger partial charge in [0.25, 0.3) is 5.91 Å². The molecule has 2 aromatic heterocycles. The maximum Gasteiger partial charge on any atom is 0.269 e. The third kappa shape index (κ3) is 4.17. The number of carbonyl (C=O) groups is 1. The molecule has 0 radical (unpaired) electrons. The van der Waals surface area contributed by atoms with Gasteiger partial charge in [-0.05, 0) is 30.7 Å². The highest BCUT2D eigenvalue weighted by molar-refractivity contribution is 7.16. The average molecular weight is 325 g/mol. The normalized spacial score (nSPS) is 11.4. The van der Waals surface area contributed by atoms with Crippen molar-refractivity contribution in [1.82, 2.24) is 10.3 Å². The van der Waals surface area contributed by atoms with Crippen LogP contribution >= 0.6 is 22.9 Å². The Morgan fingerprint density at radius 3 is 2.81 bits per heavy atom. The van der Waals surface area contributed by atoms with Gasteiger partial charge in [0.1, 0.15) is 5.69 Å². The number of amides is 1. The van der Waals surface area contributed by atoms with Crippen molar-refractivity contribution < 1.29 is 10.0 Å². The molecule has 0 bridgehead atoms. The molecular weight excluding hydrogens is 312 g/mol. The molecule has 8 heteroatoms. The number of nitrogens with one attached hydrogen (secondary N) is 1. The average Bonchev–Trinajstić information content (AvgIpc) is 2.92. The lowest BCUT2D eigenvalue weighted by molar-refractivity contribution is 0.0949. The summed E-state index contributed by atoms with van der Waals surface area (Å²) in [6, 6.07) is 6.85. The van der Waals surface area contributed by atoms with E-state index < -0.39 is 0 Å². The highest BCUT2D eigenvalue weighted by Crippen LogP contribution is 2.21. The van der Waals surface area contributed by atoms with Crippen molar-refractivity contribution in [1.29, 1.82) is 0 Å². The molecule has 6 nitrogen and oxygen atoms in total. The fraction of sp³-hybridized carbons (Fsp3) is 0.154. The van der Waals surface area contributed by atoms with Crippen molar-refractivity contribution in [3.8, 4) is 0 Å². The second-order valence-electron chi connectivity index (χ2n) is 4.13. The largest absolute Gasteiger partial charge is 0.409 e. The molecule has 1 amide bonds. The van der Waals surface area contributed by atoms with Crippen LogP contribution in [0.15, 0.2) is 35.6 Å². The van der Waals surface area contributed by atoms with Crippen molar-refractivity contribution in [3.63, 3.8) is 0 Å². The molecule has 0 fully saturated rings. The zero-order valence-corrected chi connectivity index (χ0v) is 12.5. The first-order valence-electron chi connectivity index (χ1n) is 6.06. The van der Waals surface area contributed by atoms with Crippen molar-refractivity contribution in [3.05, 3.63) is 50.9 Å². The Bertz CT molecular complexity index is 654. The molecule has 0 aliphatic heterocycles. The van der Waals surface area contributed by atoms with E-state index in [1.54, 1.807) is 6.07 Å². The Labute approximate surface area is 130 Å². The first-order valence-corrected chi connectivity index (χ1v) is 7.26. The molecule has 0 aliphatic carbocycles. The maximum absolute atomic E-state index is 11.9. The van der Waals surface area contributed by atoms with E-state index in [1.807, 2.05) is 12.1 Å². The SMILES string of the molecule is N/C(=N/O)c1ccc(C(=O)NCCc2ccc(Cl)s2)nc1. The Morgan fingerprint density at radius 2 is 2.24 bits per heavy atom. The summed E-state index contributed by atoms with van der Waals surface area (Å²) in [6.45, 7) is 0.499. The Kier molecular flexibility index (Phi) is 5.13. The minimum absolute atomic E-state index is 0.0518. The van der Waals surface area contributed by atoms with Gasteiger partial charge >= 0.3 is 0 Å². The van der Waals surface area contributed by atoms with Crippen LogP contribution in [0.5, 0.6) is 0 Å². The number of nitrogens with two attached hydrogens (primary N) is 1. The number of aromatic nitrogens is 1. The number of thiophene rings is 1. The van der Waals surface area contributed by atoms with Gasteiger partial charge in [-0.1, -0.05) is 16.8 Å². The number of oxime groups is 1. The number of pyridine rings is 1. The van der Waals surface area contributed by atoms with Crippen LogP contribution in [0, 0.1) is 0 Å². The first kappa shape index (κ1) is 15.3. The van der Waals surface area contributed by atoms with Gasteiger partial charge in [-0.15, -0.1) is 11.3 Å². The quantitative estimate of drug-likeness (QED) is 0.338. The van der Waals surface area contributed by atoms with Crippen molar-refractivity contribution in [2.45, 2.75) is 6.42 Å². The van der Waals surface area contributed by atoms with E-state index in [0.29, 0.717) is 18.5 Å². The molecule has 2 rings (SSSR count). The summed E-state index contributed by atoms with van der Waals surface area (Å²) < 4.78 is 0.733. The van der Waals surface area contributed by atoms with E-state index in [2.05, 4.69) is 15.5 Å². The predicted molar refractivity (Wildman–Crippen MR) is 82.1 cm³/mol. The molecule has 0 aromatic carbocycles. The number of hydrogen-bond acceptors (Lipinski definition) is 5. The van der Waals surface area contributed by atoms with Crippen LogP contribution < -0.4 is 11.1 Å². The molecule has 0 saturated heterocycles. The number of amidine groups is 1. The van der Waals surface area contributed by atoms with Crippen LogP contribution in [0.4, 0.5) is 0 Å². The number of hydrogen-bond donors (Lipinski definition) is 3. The van der Waals surface area contributed by atoms with E-state index in [1.165, 1.54) is 23.6 Å². The zero-order chi connectivity index (χ0) is 15.2. The van der Waals surface area contributed by atoms with Gasteiger partial charge in [-0.3, -0.25) is 9.78 Å². The molecule has 4 N–H and O–H groups in total. The lowest BCUT2D eigenvalue weighted by Gasteiger charge is -2.04. The van der Waals surface area contributed by atoms with Crippen LogP contribution in [0.25, 0.3) is 0 Å². The standard InChI is InChI=1S/C13H13ClN4O2S/c14-11-4-2-9(21-11)5-6-16-13(19)10-3-1-8(7-17-10)12(15)18-20/h1-4,7,20H,5-6H2,(H2,15,18)(H,16,19). The highest BCUT2D eigenvalue weighted by atomic mass is 35.5. The van der Waals surface area contributed by atoms with Gasteiger partial charge in [-0.25, -0.2) is 0 Å². The third-order valence-corrected chi connectivity index (χ3v) is 3.98. The summed E-state index contributed by atoms with van der Waals surface area (Å²) in [5.41, 5.74) is 6.14. The highest BCUT2D eigenvalue weighted by Gasteiger charge is 2.08. The number of halogens is 1. The van der Waals surface area contributed by atoms with Gasteiger partial charge in [0, 0.05) is 23.2 Å². The summed E-state index contributed by atoms with van der Waals surface area (Å²) in [6.07, 6.45) is 2.09. The van der Waals surface area contributed by atoms with Gasteiger partial charge in [0.15, 0.2) is 5.84 Å². The second-order valence-corrected chi connectivity index (χ2v) is 5.93. The zero-order valence-electron chi connectivity index (χ0n) is 10.9. The summed E-state index contributed by atoms with van der Waals surface area (Å²) >= 11 is 7.32. The molecule has 0 spiro atoms. The summed E-state index contributed by atoms with van der Waals surface area (Å²) in [5, 5.41) is 14.2. The van der Waals surface area contributed by atoms with Crippen molar-refractivity contribution in [2.75, 3.05) is 6.54 Å². The molecule has 0 saturated carbocycles. The Morgan fingerprint density at radius 1 is 1.43 bits per heavy atom. The molecule has 2 heterocycles. The molecular formula is C13H13ClN4O2S. The van der Waals surface area contributed by atoms with Gasteiger partial charge in [-0.2, -0.15) is 0 Å². The van der Waals surface area contributed by atoms with Gasteiger partial charge in [0.2, 0.25) is 0 Å².